The summed E-state index contributed by atoms with van der Waals surface area (Å²) in [5, 5.41) is 0. The Hall–Kier alpha value is -2.61. The molecule has 0 aliphatic heterocycles. The quantitative estimate of drug-likeness (QED) is 0.262. The standard InChI is InChI=1S/C20H18N2S/c1-17-12-14-20(15-13-17)23(16-22-21,18-8-4-2-5-9-18)19-10-6-3-7-11-19/h2-16H,1H3. The van der Waals surface area contributed by atoms with Gasteiger partial charge in [0.2, 0.25) is 0 Å². The fourth-order valence-electron chi connectivity index (χ4n) is 2.68. The van der Waals surface area contributed by atoms with Gasteiger partial charge >= 0.3 is 5.55 Å². The van der Waals surface area contributed by atoms with Gasteiger partial charge in [-0.1, -0.05) is 64.1 Å². The minimum Gasteiger partial charge on any atom is -0.361 e. The lowest BCUT2D eigenvalue weighted by Crippen LogP contribution is -2.05. The summed E-state index contributed by atoms with van der Waals surface area (Å²) >= 11 is 0. The Morgan fingerprint density at radius 3 is 1.57 bits per heavy atom. The largest absolute Gasteiger partial charge is 0.361 e. The Labute approximate surface area is 138 Å². The van der Waals surface area contributed by atoms with E-state index in [2.05, 4.69) is 60.2 Å². The topological polar surface area (TPSA) is 36.4 Å². The molecule has 3 rings (SSSR count). The third-order valence-corrected chi connectivity index (χ3v) is 7.29. The van der Waals surface area contributed by atoms with Crippen LogP contribution in [0.25, 0.3) is 5.53 Å². The zero-order valence-electron chi connectivity index (χ0n) is 13.0. The summed E-state index contributed by atoms with van der Waals surface area (Å²) in [7, 11) is -1.74. The van der Waals surface area contributed by atoms with E-state index in [1.807, 2.05) is 36.4 Å². The monoisotopic (exact) mass is 318 g/mol. The first-order chi connectivity index (χ1) is 11.3. The van der Waals surface area contributed by atoms with Crippen LogP contribution in [-0.2, 0) is 0 Å². The molecule has 0 atom stereocenters. The molecule has 0 spiro atoms. The van der Waals surface area contributed by atoms with E-state index in [-0.39, 0.29) is 0 Å². The highest BCUT2D eigenvalue weighted by molar-refractivity contribution is 8.44. The van der Waals surface area contributed by atoms with Crippen molar-refractivity contribution in [2.75, 3.05) is 0 Å². The van der Waals surface area contributed by atoms with Crippen molar-refractivity contribution in [2.24, 2.45) is 0 Å². The molecule has 3 heteroatoms. The average molecular weight is 318 g/mol. The lowest BCUT2D eigenvalue weighted by molar-refractivity contribution is 0.00794. The van der Waals surface area contributed by atoms with Crippen LogP contribution in [0.5, 0.6) is 0 Å². The van der Waals surface area contributed by atoms with E-state index < -0.39 is 10.0 Å². The number of hydrogen-bond acceptors (Lipinski definition) is 0. The number of nitrogens with zero attached hydrogens (tertiary/aromatic N) is 2. The second-order valence-corrected chi connectivity index (χ2v) is 8.26. The van der Waals surface area contributed by atoms with Crippen LogP contribution in [0.15, 0.2) is 99.6 Å². The normalized spacial score (nSPS) is 11.5. The Morgan fingerprint density at radius 2 is 1.13 bits per heavy atom. The van der Waals surface area contributed by atoms with Crippen LogP contribution in [0.4, 0.5) is 0 Å². The van der Waals surface area contributed by atoms with Crippen LogP contribution in [0, 0.1) is 6.92 Å². The summed E-state index contributed by atoms with van der Waals surface area (Å²) in [6, 6.07) is 29.0. The van der Waals surface area contributed by atoms with Gasteiger partial charge in [-0.05, 0) is 43.3 Å². The van der Waals surface area contributed by atoms with Crippen molar-refractivity contribution >= 4 is 15.6 Å². The molecule has 0 bridgehead atoms. The van der Waals surface area contributed by atoms with Crippen LogP contribution >= 0.6 is 10.0 Å². The predicted octanol–water partition coefficient (Wildman–Crippen LogP) is 5.53. The van der Waals surface area contributed by atoms with E-state index in [1.165, 1.54) is 5.56 Å². The van der Waals surface area contributed by atoms with Gasteiger partial charge in [0.25, 0.3) is 0 Å². The van der Waals surface area contributed by atoms with Crippen molar-refractivity contribution in [3.63, 3.8) is 0 Å². The molecule has 0 saturated carbocycles. The van der Waals surface area contributed by atoms with Gasteiger partial charge in [-0.25, -0.2) is 0 Å². The second kappa shape index (κ2) is 6.66. The van der Waals surface area contributed by atoms with Crippen molar-refractivity contribution in [3.8, 4) is 0 Å². The van der Waals surface area contributed by atoms with Crippen LogP contribution < -0.4 is 0 Å². The Balaban J connectivity index is 2.35. The Bertz CT molecular complexity index is 781. The number of rotatable bonds is 4. The van der Waals surface area contributed by atoms with Gasteiger partial charge in [-0.2, -0.15) is 4.79 Å². The molecule has 3 aromatic carbocycles. The maximum Gasteiger partial charge on any atom is 0.309 e. The molecule has 0 radical (unpaired) electrons. The van der Waals surface area contributed by atoms with Crippen molar-refractivity contribution < 1.29 is 4.79 Å². The molecule has 0 N–H and O–H groups in total. The first-order valence-electron chi connectivity index (χ1n) is 7.45. The summed E-state index contributed by atoms with van der Waals surface area (Å²) in [6.45, 7) is 2.08. The molecule has 0 aromatic heterocycles. The summed E-state index contributed by atoms with van der Waals surface area (Å²) < 4.78 is 0. The zero-order chi connectivity index (χ0) is 16.1. The predicted molar refractivity (Wildman–Crippen MR) is 96.1 cm³/mol. The minimum absolute atomic E-state index is 1.15. The van der Waals surface area contributed by atoms with Gasteiger partial charge in [0.1, 0.15) is 0 Å². The van der Waals surface area contributed by atoms with Crippen LogP contribution in [0.2, 0.25) is 0 Å². The summed E-state index contributed by atoms with van der Waals surface area (Å²) in [6.07, 6.45) is 0. The van der Waals surface area contributed by atoms with Crippen LogP contribution in [0.1, 0.15) is 5.56 Å². The first-order valence-corrected chi connectivity index (χ1v) is 9.15. The van der Waals surface area contributed by atoms with Crippen molar-refractivity contribution in [1.82, 2.24) is 0 Å². The van der Waals surface area contributed by atoms with E-state index >= 15 is 0 Å². The molecule has 0 amide bonds. The molecule has 3 aromatic rings. The fourth-order valence-corrected chi connectivity index (χ4v) is 5.75. The Morgan fingerprint density at radius 1 is 0.696 bits per heavy atom. The van der Waals surface area contributed by atoms with Gasteiger partial charge < -0.3 is 5.53 Å². The van der Waals surface area contributed by atoms with Crippen molar-refractivity contribution in [1.29, 1.82) is 0 Å². The highest BCUT2D eigenvalue weighted by Crippen LogP contribution is 2.65. The van der Waals surface area contributed by atoms with E-state index in [0.717, 1.165) is 14.7 Å². The summed E-state index contributed by atoms with van der Waals surface area (Å²) in [5.74, 6) is 0. The maximum absolute atomic E-state index is 9.43. The lowest BCUT2D eigenvalue weighted by Gasteiger charge is -2.33. The molecule has 114 valence electrons. The molecular formula is C20H18N2S. The smallest absolute Gasteiger partial charge is 0.309 e. The number of benzene rings is 3. The highest BCUT2D eigenvalue weighted by atomic mass is 32.3. The molecule has 23 heavy (non-hydrogen) atoms. The van der Waals surface area contributed by atoms with Gasteiger partial charge in [0.15, 0.2) is 0 Å². The summed E-state index contributed by atoms with van der Waals surface area (Å²) in [4.78, 5) is 6.92. The average Bonchev–Trinajstić information content (AvgIpc) is 2.62. The van der Waals surface area contributed by atoms with E-state index in [0.29, 0.717) is 0 Å². The van der Waals surface area contributed by atoms with Gasteiger partial charge in [0, 0.05) is 14.7 Å². The molecule has 0 unspecified atom stereocenters. The molecule has 0 heterocycles. The molecule has 0 fully saturated rings. The van der Waals surface area contributed by atoms with Crippen molar-refractivity contribution in [2.45, 2.75) is 21.6 Å². The fraction of sp³-hybridized carbons (Fsp3) is 0.0500. The molecular weight excluding hydrogens is 300 g/mol. The SMILES string of the molecule is Cc1ccc(S(C=[N+]=[N-])(c2ccccc2)c2ccccc2)cc1. The first kappa shape index (κ1) is 15.3. The summed E-state index contributed by atoms with van der Waals surface area (Å²) in [5.41, 5.74) is 12.3. The van der Waals surface area contributed by atoms with E-state index in [4.69, 9.17) is 0 Å². The van der Waals surface area contributed by atoms with E-state index in [1.54, 1.807) is 5.55 Å². The highest BCUT2D eigenvalue weighted by Gasteiger charge is 2.33. The van der Waals surface area contributed by atoms with Crippen LogP contribution in [-0.4, -0.2) is 10.3 Å². The van der Waals surface area contributed by atoms with Crippen LogP contribution in [0.3, 0.4) is 0 Å². The maximum atomic E-state index is 9.43. The minimum atomic E-state index is -1.74. The van der Waals surface area contributed by atoms with Crippen molar-refractivity contribution in [3.05, 3.63) is 96.0 Å². The van der Waals surface area contributed by atoms with Gasteiger partial charge in [-0.15, -0.1) is 0 Å². The van der Waals surface area contributed by atoms with Gasteiger partial charge in [0.05, 0.1) is 0 Å². The third kappa shape index (κ3) is 2.85. The van der Waals surface area contributed by atoms with E-state index in [9.17, 15) is 5.53 Å². The molecule has 2 nitrogen and oxygen atoms in total. The molecule has 0 saturated heterocycles. The number of hydrogen-bond donors (Lipinski definition) is 0. The zero-order valence-corrected chi connectivity index (χ0v) is 13.8. The van der Waals surface area contributed by atoms with Gasteiger partial charge in [-0.3, -0.25) is 0 Å². The third-order valence-electron chi connectivity index (χ3n) is 3.83. The number of aryl methyl sites for hydroxylation is 1. The molecule has 0 aliphatic rings. The molecule has 0 aliphatic carbocycles. The lowest BCUT2D eigenvalue weighted by atomic mass is 10.2. The second-order valence-electron chi connectivity index (χ2n) is 5.32. The Kier molecular flexibility index (Phi) is 4.42.